The Morgan fingerprint density at radius 1 is 1.06 bits per heavy atom. The molecule has 0 radical (unpaired) electrons. The molecule has 2 aromatic carbocycles. The van der Waals surface area contributed by atoms with Crippen LogP contribution in [0.25, 0.3) is 11.4 Å². The van der Waals surface area contributed by atoms with Gasteiger partial charge in [0.05, 0.1) is 25.5 Å². The van der Waals surface area contributed by atoms with Crippen molar-refractivity contribution in [2.45, 2.75) is 24.4 Å². The van der Waals surface area contributed by atoms with Gasteiger partial charge in [-0.05, 0) is 24.1 Å². The Hall–Kier alpha value is -3.24. The molecule has 1 aliphatic rings. The lowest BCUT2D eigenvalue weighted by molar-refractivity contribution is 0.121. The Labute approximate surface area is 194 Å². The van der Waals surface area contributed by atoms with Crippen LogP contribution in [0.4, 0.5) is 10.3 Å². The summed E-state index contributed by atoms with van der Waals surface area (Å²) in [6, 6.07) is 15.1. The maximum absolute atomic E-state index is 13.9. The number of ether oxygens (including phenoxy) is 1. The van der Waals surface area contributed by atoms with Crippen LogP contribution in [0.3, 0.4) is 0 Å². The molecule has 1 saturated heterocycles. The topological polar surface area (TPSA) is 82.1 Å². The quantitative estimate of drug-likeness (QED) is 0.379. The van der Waals surface area contributed by atoms with Gasteiger partial charge < -0.3 is 14.2 Å². The molecule has 1 aliphatic heterocycles. The standard InChI is InChI=1S/C23H23FN6O2S/c1-16-7-8-18(13-19(16)24)21-25-20(32-28-21)15-33-23-27-26-22(29-9-11-31-12-10-29)30(23)14-17-5-3-2-4-6-17/h2-8,13H,9-12,14-15H2,1H3. The van der Waals surface area contributed by atoms with E-state index in [1.807, 2.05) is 18.2 Å². The minimum absolute atomic E-state index is 0.294. The van der Waals surface area contributed by atoms with E-state index in [0.717, 1.165) is 29.8 Å². The molecule has 33 heavy (non-hydrogen) atoms. The number of nitrogens with zero attached hydrogens (tertiary/aromatic N) is 6. The first-order valence-electron chi connectivity index (χ1n) is 10.7. The lowest BCUT2D eigenvalue weighted by Gasteiger charge is -2.28. The Kier molecular flexibility index (Phi) is 6.36. The molecule has 0 unspecified atom stereocenters. The Bertz CT molecular complexity index is 1220. The van der Waals surface area contributed by atoms with E-state index in [-0.39, 0.29) is 5.82 Å². The van der Waals surface area contributed by atoms with Gasteiger partial charge in [-0.1, -0.05) is 59.4 Å². The lowest BCUT2D eigenvalue weighted by atomic mass is 10.1. The summed E-state index contributed by atoms with van der Waals surface area (Å²) in [5.41, 5.74) is 2.32. The summed E-state index contributed by atoms with van der Waals surface area (Å²) < 4.78 is 26.9. The number of aromatic nitrogens is 5. The van der Waals surface area contributed by atoms with Crippen LogP contribution in [0.15, 0.2) is 58.2 Å². The van der Waals surface area contributed by atoms with Crippen LogP contribution in [0, 0.1) is 12.7 Å². The third-order valence-corrected chi connectivity index (χ3v) is 6.35. The number of hydrogen-bond donors (Lipinski definition) is 0. The third-order valence-electron chi connectivity index (χ3n) is 5.40. The molecule has 2 aromatic heterocycles. The van der Waals surface area contributed by atoms with Crippen molar-refractivity contribution >= 4 is 17.7 Å². The Morgan fingerprint density at radius 2 is 1.88 bits per heavy atom. The van der Waals surface area contributed by atoms with Crippen LogP contribution in [0.1, 0.15) is 17.0 Å². The molecule has 0 saturated carbocycles. The highest BCUT2D eigenvalue weighted by atomic mass is 32.2. The summed E-state index contributed by atoms with van der Waals surface area (Å²) in [5, 5.41) is 13.7. The van der Waals surface area contributed by atoms with E-state index < -0.39 is 0 Å². The first-order valence-corrected chi connectivity index (χ1v) is 11.7. The van der Waals surface area contributed by atoms with E-state index in [1.54, 1.807) is 19.1 Å². The summed E-state index contributed by atoms with van der Waals surface area (Å²) in [5.74, 6) is 1.77. The zero-order valence-corrected chi connectivity index (χ0v) is 19.0. The minimum atomic E-state index is -0.294. The predicted octanol–water partition coefficient (Wildman–Crippen LogP) is 3.95. The van der Waals surface area contributed by atoms with Gasteiger partial charge in [0.2, 0.25) is 17.7 Å². The van der Waals surface area contributed by atoms with Gasteiger partial charge in [0, 0.05) is 18.7 Å². The van der Waals surface area contributed by atoms with Crippen LogP contribution < -0.4 is 4.90 Å². The van der Waals surface area contributed by atoms with E-state index >= 15 is 0 Å². The molecule has 0 spiro atoms. The molecule has 0 amide bonds. The number of rotatable bonds is 7. The van der Waals surface area contributed by atoms with Crippen molar-refractivity contribution in [1.29, 1.82) is 0 Å². The smallest absolute Gasteiger partial charge is 0.237 e. The zero-order chi connectivity index (χ0) is 22.6. The number of morpholine rings is 1. The van der Waals surface area contributed by atoms with Crippen molar-refractivity contribution in [3.8, 4) is 11.4 Å². The zero-order valence-electron chi connectivity index (χ0n) is 18.1. The van der Waals surface area contributed by atoms with E-state index in [0.29, 0.717) is 48.4 Å². The second-order valence-electron chi connectivity index (χ2n) is 7.72. The first-order chi connectivity index (χ1) is 16.2. The van der Waals surface area contributed by atoms with Gasteiger partial charge in [-0.3, -0.25) is 4.57 Å². The molecule has 0 N–H and O–H groups in total. The van der Waals surface area contributed by atoms with Crippen molar-refractivity contribution in [3.63, 3.8) is 0 Å². The maximum Gasteiger partial charge on any atom is 0.237 e. The summed E-state index contributed by atoms with van der Waals surface area (Å²) in [6.07, 6.45) is 0. The molecule has 0 atom stereocenters. The first kappa shape index (κ1) is 21.6. The van der Waals surface area contributed by atoms with Crippen molar-refractivity contribution in [2.75, 3.05) is 31.2 Å². The van der Waals surface area contributed by atoms with Crippen LogP contribution in [-0.2, 0) is 17.0 Å². The van der Waals surface area contributed by atoms with Crippen molar-refractivity contribution < 1.29 is 13.7 Å². The van der Waals surface area contributed by atoms with Gasteiger partial charge in [0.1, 0.15) is 5.82 Å². The highest BCUT2D eigenvalue weighted by molar-refractivity contribution is 7.98. The summed E-state index contributed by atoms with van der Waals surface area (Å²) >= 11 is 1.48. The van der Waals surface area contributed by atoms with Crippen LogP contribution in [0.5, 0.6) is 0 Å². The predicted molar refractivity (Wildman–Crippen MR) is 123 cm³/mol. The molecule has 1 fully saturated rings. The number of thioether (sulfide) groups is 1. The molecule has 10 heteroatoms. The molecule has 5 rings (SSSR count). The molecular formula is C23H23FN6O2S. The number of halogens is 1. The number of aryl methyl sites for hydroxylation is 1. The Balaban J connectivity index is 1.35. The number of benzene rings is 2. The molecule has 0 bridgehead atoms. The van der Waals surface area contributed by atoms with E-state index in [1.165, 1.54) is 17.8 Å². The van der Waals surface area contributed by atoms with Crippen molar-refractivity contribution in [3.05, 3.63) is 71.4 Å². The summed E-state index contributed by atoms with van der Waals surface area (Å²) in [7, 11) is 0. The summed E-state index contributed by atoms with van der Waals surface area (Å²) in [6.45, 7) is 5.26. The molecule has 170 valence electrons. The average molecular weight is 467 g/mol. The monoisotopic (exact) mass is 466 g/mol. The van der Waals surface area contributed by atoms with Gasteiger partial charge in [0.25, 0.3) is 0 Å². The Morgan fingerprint density at radius 3 is 2.67 bits per heavy atom. The largest absolute Gasteiger partial charge is 0.378 e. The highest BCUT2D eigenvalue weighted by Crippen LogP contribution is 2.27. The van der Waals surface area contributed by atoms with Gasteiger partial charge in [-0.25, -0.2) is 4.39 Å². The fourth-order valence-corrected chi connectivity index (χ4v) is 4.35. The van der Waals surface area contributed by atoms with E-state index in [4.69, 9.17) is 9.26 Å². The number of anilines is 1. The maximum atomic E-state index is 13.9. The summed E-state index contributed by atoms with van der Waals surface area (Å²) in [4.78, 5) is 6.62. The molecular weight excluding hydrogens is 443 g/mol. The normalized spacial score (nSPS) is 14.1. The fraction of sp³-hybridized carbons (Fsp3) is 0.304. The molecule has 4 aromatic rings. The van der Waals surface area contributed by atoms with Crippen LogP contribution >= 0.6 is 11.8 Å². The van der Waals surface area contributed by atoms with Gasteiger partial charge in [0.15, 0.2) is 5.16 Å². The highest BCUT2D eigenvalue weighted by Gasteiger charge is 2.21. The lowest BCUT2D eigenvalue weighted by Crippen LogP contribution is -2.38. The molecule has 3 heterocycles. The van der Waals surface area contributed by atoms with E-state index in [9.17, 15) is 4.39 Å². The SMILES string of the molecule is Cc1ccc(-c2noc(CSc3nnc(N4CCOCC4)n3Cc3ccccc3)n2)cc1F. The second kappa shape index (κ2) is 9.72. The number of hydrogen-bond acceptors (Lipinski definition) is 8. The van der Waals surface area contributed by atoms with Gasteiger partial charge in [-0.2, -0.15) is 4.98 Å². The van der Waals surface area contributed by atoms with E-state index in [2.05, 4.69) is 41.9 Å². The molecule has 8 nitrogen and oxygen atoms in total. The third kappa shape index (κ3) is 4.91. The van der Waals surface area contributed by atoms with Crippen LogP contribution in [0.2, 0.25) is 0 Å². The minimum Gasteiger partial charge on any atom is -0.378 e. The van der Waals surface area contributed by atoms with Gasteiger partial charge >= 0.3 is 0 Å². The second-order valence-corrected chi connectivity index (χ2v) is 8.66. The van der Waals surface area contributed by atoms with Crippen LogP contribution in [-0.4, -0.2) is 51.2 Å². The van der Waals surface area contributed by atoms with Crippen molar-refractivity contribution in [2.24, 2.45) is 0 Å². The fourth-order valence-electron chi connectivity index (χ4n) is 3.58. The van der Waals surface area contributed by atoms with Crippen molar-refractivity contribution in [1.82, 2.24) is 24.9 Å². The van der Waals surface area contributed by atoms with Gasteiger partial charge in [-0.15, -0.1) is 10.2 Å². The average Bonchev–Trinajstić information content (AvgIpc) is 3.48. The molecule has 0 aliphatic carbocycles.